The summed E-state index contributed by atoms with van der Waals surface area (Å²) in [5.74, 6) is 2.01. The molecule has 1 aromatic heterocycles. The molecule has 1 aromatic rings. The molecule has 0 spiro atoms. The van der Waals surface area contributed by atoms with Crippen LogP contribution >= 0.6 is 0 Å². The van der Waals surface area contributed by atoms with Gasteiger partial charge < -0.3 is 15.0 Å². The molecule has 2 rings (SSSR count). The molecular formula is C14H26N4O2. The predicted octanol–water partition coefficient (Wildman–Crippen LogP) is 1.21. The molecule has 20 heavy (non-hydrogen) atoms. The van der Waals surface area contributed by atoms with Crippen molar-refractivity contribution in [2.24, 2.45) is 11.7 Å². The second-order valence-corrected chi connectivity index (χ2v) is 5.94. The molecule has 0 amide bonds. The Hall–Kier alpha value is -0.980. The van der Waals surface area contributed by atoms with Gasteiger partial charge in [0.1, 0.15) is 0 Å². The molecule has 6 heteroatoms. The van der Waals surface area contributed by atoms with Crippen LogP contribution in [0.25, 0.3) is 0 Å². The Morgan fingerprint density at radius 2 is 2.30 bits per heavy atom. The fourth-order valence-corrected chi connectivity index (χ4v) is 2.70. The first-order chi connectivity index (χ1) is 9.62. The van der Waals surface area contributed by atoms with E-state index < -0.39 is 0 Å². The Kier molecular flexibility index (Phi) is 5.51. The average molecular weight is 282 g/mol. The van der Waals surface area contributed by atoms with E-state index in [1.54, 1.807) is 7.11 Å². The maximum Gasteiger partial charge on any atom is 0.226 e. The van der Waals surface area contributed by atoms with Crippen LogP contribution in [-0.4, -0.2) is 47.4 Å². The Bertz CT molecular complexity index is 408. The minimum absolute atomic E-state index is 0.321. The highest BCUT2D eigenvalue weighted by Crippen LogP contribution is 2.20. The van der Waals surface area contributed by atoms with Crippen molar-refractivity contribution in [3.63, 3.8) is 0 Å². The Morgan fingerprint density at radius 3 is 2.95 bits per heavy atom. The lowest BCUT2D eigenvalue weighted by atomic mass is 9.99. The summed E-state index contributed by atoms with van der Waals surface area (Å²) in [6.45, 7) is 6.60. The SMILES string of the molecule is COC1CCN(Cc2noc(CC(C)C)n2)C(CN)C1. The Balaban J connectivity index is 1.93. The molecular weight excluding hydrogens is 256 g/mol. The molecule has 2 N–H and O–H groups in total. The molecule has 6 nitrogen and oxygen atoms in total. The fraction of sp³-hybridized carbons (Fsp3) is 0.857. The molecule has 0 radical (unpaired) electrons. The van der Waals surface area contributed by atoms with Crippen LogP contribution in [0, 0.1) is 5.92 Å². The van der Waals surface area contributed by atoms with Crippen LogP contribution in [0.1, 0.15) is 38.4 Å². The number of nitrogens with two attached hydrogens (primary N) is 1. The van der Waals surface area contributed by atoms with Crippen LogP contribution in [0.5, 0.6) is 0 Å². The number of rotatable bonds is 6. The molecule has 0 saturated carbocycles. The molecule has 0 bridgehead atoms. The first-order valence-electron chi connectivity index (χ1n) is 7.40. The van der Waals surface area contributed by atoms with Crippen molar-refractivity contribution in [3.05, 3.63) is 11.7 Å². The molecule has 1 fully saturated rings. The van der Waals surface area contributed by atoms with Crippen molar-refractivity contribution in [2.75, 3.05) is 20.2 Å². The molecule has 0 aromatic carbocycles. The van der Waals surface area contributed by atoms with E-state index in [0.717, 1.165) is 37.5 Å². The lowest BCUT2D eigenvalue weighted by molar-refractivity contribution is 0.00910. The smallest absolute Gasteiger partial charge is 0.226 e. The van der Waals surface area contributed by atoms with Crippen LogP contribution in [0.15, 0.2) is 4.52 Å². The lowest BCUT2D eigenvalue weighted by Crippen LogP contribution is -2.48. The molecule has 1 aliphatic rings. The summed E-state index contributed by atoms with van der Waals surface area (Å²) in [5, 5.41) is 4.07. The van der Waals surface area contributed by atoms with Crippen molar-refractivity contribution in [3.8, 4) is 0 Å². The van der Waals surface area contributed by atoms with Crippen LogP contribution in [0.3, 0.4) is 0 Å². The largest absolute Gasteiger partial charge is 0.381 e. The van der Waals surface area contributed by atoms with Gasteiger partial charge in [-0.3, -0.25) is 4.90 Å². The third-order valence-electron chi connectivity index (χ3n) is 3.83. The molecule has 0 aliphatic carbocycles. The monoisotopic (exact) mass is 282 g/mol. The summed E-state index contributed by atoms with van der Waals surface area (Å²) in [6, 6.07) is 0.334. The van der Waals surface area contributed by atoms with Gasteiger partial charge in [0.2, 0.25) is 5.89 Å². The molecule has 2 atom stereocenters. The van der Waals surface area contributed by atoms with Gasteiger partial charge >= 0.3 is 0 Å². The fourth-order valence-electron chi connectivity index (χ4n) is 2.70. The zero-order valence-electron chi connectivity index (χ0n) is 12.7. The van der Waals surface area contributed by atoms with E-state index in [4.69, 9.17) is 15.0 Å². The highest BCUT2D eigenvalue weighted by atomic mass is 16.5. The summed E-state index contributed by atoms with van der Waals surface area (Å²) < 4.78 is 10.7. The zero-order valence-corrected chi connectivity index (χ0v) is 12.7. The van der Waals surface area contributed by atoms with E-state index in [1.807, 2.05) is 0 Å². The van der Waals surface area contributed by atoms with Crippen molar-refractivity contribution in [2.45, 2.75) is 51.8 Å². The van der Waals surface area contributed by atoms with Gasteiger partial charge in [-0.05, 0) is 18.8 Å². The van der Waals surface area contributed by atoms with Gasteiger partial charge in [-0.15, -0.1) is 0 Å². The van der Waals surface area contributed by atoms with E-state index in [2.05, 4.69) is 28.9 Å². The third-order valence-corrected chi connectivity index (χ3v) is 3.83. The zero-order chi connectivity index (χ0) is 14.5. The van der Waals surface area contributed by atoms with Gasteiger partial charge in [0.05, 0.1) is 12.6 Å². The summed E-state index contributed by atoms with van der Waals surface area (Å²) in [7, 11) is 1.77. The molecule has 114 valence electrons. The van der Waals surface area contributed by atoms with E-state index in [1.165, 1.54) is 0 Å². The average Bonchev–Trinajstić information content (AvgIpc) is 2.85. The summed E-state index contributed by atoms with van der Waals surface area (Å²) in [5.41, 5.74) is 5.87. The van der Waals surface area contributed by atoms with E-state index >= 15 is 0 Å². The standard InChI is InChI=1S/C14H26N4O2/c1-10(2)6-14-16-13(17-20-14)9-18-5-4-12(19-3)7-11(18)8-15/h10-12H,4-9,15H2,1-3H3. The Morgan fingerprint density at radius 1 is 1.50 bits per heavy atom. The molecule has 1 saturated heterocycles. The number of nitrogens with zero attached hydrogens (tertiary/aromatic N) is 3. The lowest BCUT2D eigenvalue weighted by Gasteiger charge is -2.37. The van der Waals surface area contributed by atoms with Gasteiger partial charge in [0.15, 0.2) is 5.82 Å². The van der Waals surface area contributed by atoms with Gasteiger partial charge in [-0.2, -0.15) is 4.98 Å². The van der Waals surface area contributed by atoms with Crippen LogP contribution in [-0.2, 0) is 17.7 Å². The maximum absolute atomic E-state index is 5.87. The van der Waals surface area contributed by atoms with Crippen molar-refractivity contribution in [1.29, 1.82) is 0 Å². The minimum atomic E-state index is 0.321. The van der Waals surface area contributed by atoms with Gasteiger partial charge in [-0.25, -0.2) is 0 Å². The van der Waals surface area contributed by atoms with Crippen molar-refractivity contribution in [1.82, 2.24) is 15.0 Å². The normalized spacial score (nSPS) is 24.4. The number of likely N-dealkylation sites (tertiary alicyclic amines) is 1. The second-order valence-electron chi connectivity index (χ2n) is 5.94. The van der Waals surface area contributed by atoms with Crippen LogP contribution < -0.4 is 5.73 Å². The van der Waals surface area contributed by atoms with Gasteiger partial charge in [0.25, 0.3) is 0 Å². The van der Waals surface area contributed by atoms with Crippen molar-refractivity contribution >= 4 is 0 Å². The first kappa shape index (κ1) is 15.4. The van der Waals surface area contributed by atoms with Crippen molar-refractivity contribution < 1.29 is 9.26 Å². The number of methoxy groups -OCH3 is 1. The minimum Gasteiger partial charge on any atom is -0.381 e. The molecule has 1 aliphatic heterocycles. The van der Waals surface area contributed by atoms with E-state index in [9.17, 15) is 0 Å². The molecule has 2 unspecified atom stereocenters. The Labute approximate surface area is 120 Å². The molecule has 2 heterocycles. The van der Waals surface area contributed by atoms with Gasteiger partial charge in [-0.1, -0.05) is 19.0 Å². The van der Waals surface area contributed by atoms with Crippen LogP contribution in [0.2, 0.25) is 0 Å². The summed E-state index contributed by atoms with van der Waals surface area (Å²) in [6.07, 6.45) is 3.16. The van der Waals surface area contributed by atoms with E-state index in [-0.39, 0.29) is 0 Å². The summed E-state index contributed by atoms with van der Waals surface area (Å²) >= 11 is 0. The number of aromatic nitrogens is 2. The quantitative estimate of drug-likeness (QED) is 0.845. The highest BCUT2D eigenvalue weighted by molar-refractivity contribution is 4.91. The maximum atomic E-state index is 5.87. The predicted molar refractivity (Wildman–Crippen MR) is 76.1 cm³/mol. The van der Waals surface area contributed by atoms with E-state index in [0.29, 0.717) is 31.2 Å². The number of piperidine rings is 1. The summed E-state index contributed by atoms with van der Waals surface area (Å²) in [4.78, 5) is 6.79. The number of hydrogen-bond donors (Lipinski definition) is 1. The first-order valence-corrected chi connectivity index (χ1v) is 7.40. The third kappa shape index (κ3) is 4.01. The number of hydrogen-bond acceptors (Lipinski definition) is 6. The van der Waals surface area contributed by atoms with Gasteiger partial charge in [0, 0.05) is 32.7 Å². The highest BCUT2D eigenvalue weighted by Gasteiger charge is 2.28. The number of ether oxygens (including phenoxy) is 1. The second kappa shape index (κ2) is 7.15. The van der Waals surface area contributed by atoms with Crippen LogP contribution in [0.4, 0.5) is 0 Å². The topological polar surface area (TPSA) is 77.4 Å².